The highest BCUT2D eigenvalue weighted by molar-refractivity contribution is 9.10. The third-order valence-electron chi connectivity index (χ3n) is 4.22. The number of carbonyl (C=O) groups excluding carboxylic acids is 1. The summed E-state index contributed by atoms with van der Waals surface area (Å²) in [5.41, 5.74) is 5.64. The second-order valence-corrected chi connectivity index (χ2v) is 7.20. The van der Waals surface area contributed by atoms with E-state index in [1.807, 2.05) is 55.5 Å². The van der Waals surface area contributed by atoms with Gasteiger partial charge in [0.15, 0.2) is 6.61 Å². The number of amides is 1. The summed E-state index contributed by atoms with van der Waals surface area (Å²) in [6, 6.07) is 27.6. The second kappa shape index (κ2) is 9.85. The van der Waals surface area contributed by atoms with Crippen LogP contribution >= 0.6 is 15.9 Å². The molecule has 0 radical (unpaired) electrons. The molecule has 0 fully saturated rings. The minimum atomic E-state index is -0.304. The van der Waals surface area contributed by atoms with E-state index < -0.39 is 0 Å². The summed E-state index contributed by atoms with van der Waals surface area (Å²) < 4.78 is 6.44. The predicted molar refractivity (Wildman–Crippen MR) is 116 cm³/mol. The Balaban J connectivity index is 1.68. The molecule has 0 spiro atoms. The largest absolute Gasteiger partial charge is 0.484 e. The van der Waals surface area contributed by atoms with Crippen molar-refractivity contribution in [3.63, 3.8) is 0 Å². The van der Waals surface area contributed by atoms with E-state index >= 15 is 0 Å². The molecule has 0 atom stereocenters. The van der Waals surface area contributed by atoms with Gasteiger partial charge in [-0.25, -0.2) is 5.43 Å². The number of ether oxygens (including phenoxy) is 1. The van der Waals surface area contributed by atoms with Crippen LogP contribution in [-0.4, -0.2) is 18.2 Å². The Hall–Kier alpha value is -2.92. The van der Waals surface area contributed by atoms with Crippen molar-refractivity contribution in [2.75, 3.05) is 6.61 Å². The van der Waals surface area contributed by atoms with Crippen molar-refractivity contribution < 1.29 is 9.53 Å². The monoisotopic (exact) mass is 436 g/mol. The molecular weight excluding hydrogens is 416 g/mol. The Morgan fingerprint density at radius 3 is 2.00 bits per heavy atom. The van der Waals surface area contributed by atoms with Crippen LogP contribution in [0.15, 0.2) is 94.5 Å². The van der Waals surface area contributed by atoms with Crippen LogP contribution in [0.1, 0.15) is 24.0 Å². The van der Waals surface area contributed by atoms with Gasteiger partial charge >= 0.3 is 0 Å². The molecule has 28 heavy (non-hydrogen) atoms. The number of benzene rings is 3. The zero-order valence-electron chi connectivity index (χ0n) is 15.5. The molecule has 0 saturated heterocycles. The summed E-state index contributed by atoms with van der Waals surface area (Å²) in [4.78, 5) is 12.1. The number of rotatable bonds is 7. The molecule has 0 aromatic heterocycles. The van der Waals surface area contributed by atoms with Gasteiger partial charge in [-0.1, -0.05) is 76.6 Å². The fourth-order valence-electron chi connectivity index (χ4n) is 2.89. The zero-order chi connectivity index (χ0) is 19.8. The van der Waals surface area contributed by atoms with E-state index in [9.17, 15) is 4.79 Å². The number of hydrogen-bond acceptors (Lipinski definition) is 3. The second-order valence-electron chi connectivity index (χ2n) is 6.29. The minimum absolute atomic E-state index is 0.0323. The van der Waals surface area contributed by atoms with E-state index in [1.165, 1.54) is 0 Å². The van der Waals surface area contributed by atoms with Gasteiger partial charge in [-0.05, 0) is 42.3 Å². The molecule has 4 nitrogen and oxygen atoms in total. The lowest BCUT2D eigenvalue weighted by molar-refractivity contribution is -0.123. The van der Waals surface area contributed by atoms with Crippen LogP contribution in [0.2, 0.25) is 0 Å². The number of hydrogen-bond donors (Lipinski definition) is 1. The third kappa shape index (κ3) is 5.54. The number of nitrogens with one attached hydrogen (secondary N) is 1. The van der Waals surface area contributed by atoms with Gasteiger partial charge in [0.05, 0.1) is 0 Å². The number of carbonyl (C=O) groups is 1. The maximum absolute atomic E-state index is 12.1. The molecular formula is C23H21BrN2O2. The van der Waals surface area contributed by atoms with E-state index in [2.05, 4.69) is 50.7 Å². The van der Waals surface area contributed by atoms with Crippen LogP contribution < -0.4 is 10.2 Å². The molecule has 5 heteroatoms. The molecule has 0 aliphatic carbocycles. The highest BCUT2D eigenvalue weighted by Gasteiger charge is 2.17. The van der Waals surface area contributed by atoms with E-state index in [0.29, 0.717) is 5.75 Å². The Labute approximate surface area is 173 Å². The Bertz CT molecular complexity index is 886. The van der Waals surface area contributed by atoms with Crippen LogP contribution in [0.3, 0.4) is 0 Å². The molecule has 0 aliphatic heterocycles. The maximum atomic E-state index is 12.1. The summed E-state index contributed by atoms with van der Waals surface area (Å²) in [7, 11) is 0. The van der Waals surface area contributed by atoms with E-state index in [-0.39, 0.29) is 18.4 Å². The van der Waals surface area contributed by atoms with Gasteiger partial charge in [-0.3, -0.25) is 4.79 Å². The topological polar surface area (TPSA) is 50.7 Å². The van der Waals surface area contributed by atoms with Crippen LogP contribution in [0.5, 0.6) is 5.75 Å². The SMILES string of the molecule is C/C(=N\NC(=O)COc1ccc(Br)cc1)C(c1ccccc1)c1ccccc1. The maximum Gasteiger partial charge on any atom is 0.277 e. The molecule has 1 amide bonds. The number of halogens is 1. The fraction of sp³-hybridized carbons (Fsp3) is 0.130. The fourth-order valence-corrected chi connectivity index (χ4v) is 3.16. The molecule has 0 saturated carbocycles. The molecule has 0 unspecified atom stereocenters. The molecule has 0 aliphatic rings. The van der Waals surface area contributed by atoms with E-state index in [0.717, 1.165) is 21.3 Å². The Morgan fingerprint density at radius 2 is 1.46 bits per heavy atom. The van der Waals surface area contributed by atoms with Gasteiger partial charge in [0, 0.05) is 16.1 Å². The number of nitrogens with zero attached hydrogens (tertiary/aromatic N) is 1. The molecule has 142 valence electrons. The molecule has 3 aromatic rings. The summed E-state index contributed by atoms with van der Waals surface area (Å²) >= 11 is 3.37. The van der Waals surface area contributed by atoms with Crippen LogP contribution in [0.25, 0.3) is 0 Å². The van der Waals surface area contributed by atoms with E-state index in [4.69, 9.17) is 4.74 Å². The molecule has 0 bridgehead atoms. The van der Waals surface area contributed by atoms with Crippen LogP contribution in [-0.2, 0) is 4.79 Å². The van der Waals surface area contributed by atoms with Gasteiger partial charge in [0.1, 0.15) is 5.75 Å². The highest BCUT2D eigenvalue weighted by Crippen LogP contribution is 2.26. The average molecular weight is 437 g/mol. The van der Waals surface area contributed by atoms with Crippen molar-refractivity contribution in [3.05, 3.63) is 101 Å². The van der Waals surface area contributed by atoms with Crippen molar-refractivity contribution in [3.8, 4) is 5.75 Å². The third-order valence-corrected chi connectivity index (χ3v) is 4.75. The lowest BCUT2D eigenvalue weighted by Gasteiger charge is -2.18. The van der Waals surface area contributed by atoms with Gasteiger partial charge in [0.2, 0.25) is 0 Å². The normalized spacial score (nSPS) is 11.3. The first-order valence-corrected chi connectivity index (χ1v) is 9.74. The summed E-state index contributed by atoms with van der Waals surface area (Å²) in [6.07, 6.45) is 0. The molecule has 3 aromatic carbocycles. The standard InChI is InChI=1S/C23H21BrN2O2/c1-17(25-26-22(27)16-28-21-14-12-20(24)13-15-21)23(18-8-4-2-5-9-18)19-10-6-3-7-11-19/h2-15,23H,16H2,1H3,(H,26,27)/b25-17+. The predicted octanol–water partition coefficient (Wildman–Crippen LogP) is 5.15. The Morgan fingerprint density at radius 1 is 0.929 bits per heavy atom. The molecule has 0 heterocycles. The lowest BCUT2D eigenvalue weighted by atomic mass is 9.88. The van der Waals surface area contributed by atoms with Gasteiger partial charge in [-0.2, -0.15) is 5.10 Å². The lowest BCUT2D eigenvalue weighted by Crippen LogP contribution is -2.26. The first kappa shape index (κ1) is 19.8. The summed E-state index contributed by atoms with van der Waals surface area (Å²) in [5.74, 6) is 0.294. The van der Waals surface area contributed by atoms with Gasteiger partial charge in [0.25, 0.3) is 5.91 Å². The first-order valence-electron chi connectivity index (χ1n) is 8.95. The average Bonchev–Trinajstić information content (AvgIpc) is 2.73. The van der Waals surface area contributed by atoms with Crippen molar-refractivity contribution >= 4 is 27.5 Å². The molecule has 3 rings (SSSR count). The smallest absolute Gasteiger partial charge is 0.277 e. The van der Waals surface area contributed by atoms with Crippen molar-refractivity contribution in [2.24, 2.45) is 5.10 Å². The van der Waals surface area contributed by atoms with Crippen LogP contribution in [0.4, 0.5) is 0 Å². The zero-order valence-corrected chi connectivity index (χ0v) is 17.1. The summed E-state index contributed by atoms with van der Waals surface area (Å²) in [6.45, 7) is 1.82. The van der Waals surface area contributed by atoms with Crippen molar-refractivity contribution in [1.82, 2.24) is 5.43 Å². The molecule has 1 N–H and O–H groups in total. The van der Waals surface area contributed by atoms with E-state index in [1.54, 1.807) is 12.1 Å². The van der Waals surface area contributed by atoms with Crippen molar-refractivity contribution in [2.45, 2.75) is 12.8 Å². The van der Waals surface area contributed by atoms with Crippen LogP contribution in [0, 0.1) is 0 Å². The number of hydrazone groups is 1. The summed E-state index contributed by atoms with van der Waals surface area (Å²) in [5, 5.41) is 4.33. The first-order chi connectivity index (χ1) is 13.6. The van der Waals surface area contributed by atoms with Gasteiger partial charge < -0.3 is 4.74 Å². The Kier molecular flexibility index (Phi) is 6.98. The quantitative estimate of drug-likeness (QED) is 0.411. The minimum Gasteiger partial charge on any atom is -0.484 e. The highest BCUT2D eigenvalue weighted by atomic mass is 79.9. The van der Waals surface area contributed by atoms with Gasteiger partial charge in [-0.15, -0.1) is 0 Å². The van der Waals surface area contributed by atoms with Crippen molar-refractivity contribution in [1.29, 1.82) is 0 Å².